The van der Waals surface area contributed by atoms with Crippen LogP contribution in [0.3, 0.4) is 0 Å². The molecule has 0 unspecified atom stereocenters. The number of ketones is 1. The highest BCUT2D eigenvalue weighted by atomic mass is 79.9. The van der Waals surface area contributed by atoms with Crippen molar-refractivity contribution in [3.05, 3.63) is 52.0 Å². The molecular formula is C20H21BrO5. The molecule has 0 radical (unpaired) electrons. The van der Waals surface area contributed by atoms with Crippen LogP contribution in [-0.2, 0) is 0 Å². The number of ether oxygens (including phenoxy) is 4. The van der Waals surface area contributed by atoms with Gasteiger partial charge in [-0.1, -0.05) is 6.08 Å². The molecule has 0 saturated carbocycles. The molecule has 0 heterocycles. The van der Waals surface area contributed by atoms with E-state index in [2.05, 4.69) is 15.9 Å². The summed E-state index contributed by atoms with van der Waals surface area (Å²) in [5.74, 6) is 2.12. The van der Waals surface area contributed by atoms with E-state index in [1.165, 1.54) is 13.2 Å². The Balaban J connectivity index is 2.33. The highest BCUT2D eigenvalue weighted by Gasteiger charge is 2.13. The van der Waals surface area contributed by atoms with Crippen LogP contribution in [0.25, 0.3) is 6.08 Å². The topological polar surface area (TPSA) is 54.0 Å². The molecule has 0 aliphatic carbocycles. The second-order valence-electron chi connectivity index (χ2n) is 5.23. The first kappa shape index (κ1) is 19.8. The minimum Gasteiger partial charge on any atom is -0.497 e. The van der Waals surface area contributed by atoms with E-state index < -0.39 is 0 Å². The van der Waals surface area contributed by atoms with Crippen LogP contribution < -0.4 is 18.9 Å². The SMILES string of the molecule is CCOc1cc(C=CC(=O)c2cc(OC)ccc2OC)cc(Br)c1OC. The van der Waals surface area contributed by atoms with Gasteiger partial charge in [-0.2, -0.15) is 0 Å². The van der Waals surface area contributed by atoms with Gasteiger partial charge in [-0.25, -0.2) is 0 Å². The van der Waals surface area contributed by atoms with Gasteiger partial charge in [-0.05, 0) is 64.8 Å². The number of carbonyl (C=O) groups is 1. The van der Waals surface area contributed by atoms with E-state index in [9.17, 15) is 4.79 Å². The number of carbonyl (C=O) groups excluding carboxylic acids is 1. The van der Waals surface area contributed by atoms with Crippen LogP contribution in [0, 0.1) is 0 Å². The molecule has 5 nitrogen and oxygen atoms in total. The van der Waals surface area contributed by atoms with Crippen molar-refractivity contribution in [2.45, 2.75) is 6.92 Å². The molecule has 26 heavy (non-hydrogen) atoms. The summed E-state index contributed by atoms with van der Waals surface area (Å²) in [7, 11) is 4.66. The number of hydrogen-bond acceptors (Lipinski definition) is 5. The predicted molar refractivity (Wildman–Crippen MR) is 105 cm³/mol. The van der Waals surface area contributed by atoms with Crippen LogP contribution >= 0.6 is 15.9 Å². The highest BCUT2D eigenvalue weighted by molar-refractivity contribution is 9.10. The Hall–Kier alpha value is -2.47. The van der Waals surface area contributed by atoms with Crippen molar-refractivity contribution >= 4 is 27.8 Å². The minimum absolute atomic E-state index is 0.189. The molecule has 0 N–H and O–H groups in total. The van der Waals surface area contributed by atoms with E-state index in [0.717, 1.165) is 10.0 Å². The van der Waals surface area contributed by atoms with Gasteiger partial charge in [0, 0.05) is 0 Å². The summed E-state index contributed by atoms with van der Waals surface area (Å²) < 4.78 is 22.1. The molecule has 0 aliphatic heterocycles. The van der Waals surface area contributed by atoms with Gasteiger partial charge in [0.05, 0.1) is 38.0 Å². The smallest absolute Gasteiger partial charge is 0.189 e. The number of hydrogen-bond donors (Lipinski definition) is 0. The van der Waals surface area contributed by atoms with E-state index in [-0.39, 0.29) is 5.78 Å². The molecule has 0 spiro atoms. The number of methoxy groups -OCH3 is 3. The van der Waals surface area contributed by atoms with Crippen molar-refractivity contribution in [3.8, 4) is 23.0 Å². The molecule has 0 bridgehead atoms. The molecule has 0 aliphatic rings. The highest BCUT2D eigenvalue weighted by Crippen LogP contribution is 2.37. The summed E-state index contributed by atoms with van der Waals surface area (Å²) in [6, 6.07) is 8.78. The molecule has 6 heteroatoms. The average molecular weight is 421 g/mol. The Morgan fingerprint density at radius 3 is 2.42 bits per heavy atom. The third-order valence-corrected chi connectivity index (χ3v) is 4.22. The van der Waals surface area contributed by atoms with Gasteiger partial charge >= 0.3 is 0 Å². The quantitative estimate of drug-likeness (QED) is 0.454. The zero-order valence-electron chi connectivity index (χ0n) is 15.2. The lowest BCUT2D eigenvalue weighted by Gasteiger charge is -2.12. The first-order valence-electron chi connectivity index (χ1n) is 7.98. The average Bonchev–Trinajstić information content (AvgIpc) is 2.65. The molecule has 0 fully saturated rings. The summed E-state index contributed by atoms with van der Waals surface area (Å²) in [6.45, 7) is 2.41. The molecule has 2 aromatic carbocycles. The van der Waals surface area contributed by atoms with E-state index in [0.29, 0.717) is 35.2 Å². The Labute approximate surface area is 161 Å². The normalized spacial score (nSPS) is 10.7. The summed E-state index contributed by atoms with van der Waals surface area (Å²) >= 11 is 3.46. The molecular weight excluding hydrogens is 400 g/mol. The summed E-state index contributed by atoms with van der Waals surface area (Å²) in [4.78, 5) is 12.6. The maximum absolute atomic E-state index is 12.6. The van der Waals surface area contributed by atoms with Gasteiger partial charge in [0.15, 0.2) is 17.3 Å². The summed E-state index contributed by atoms with van der Waals surface area (Å²) in [5, 5.41) is 0. The molecule has 0 aromatic heterocycles. The van der Waals surface area contributed by atoms with Crippen molar-refractivity contribution < 1.29 is 23.7 Å². The third kappa shape index (κ3) is 4.58. The van der Waals surface area contributed by atoms with Crippen molar-refractivity contribution in [2.75, 3.05) is 27.9 Å². The number of halogens is 1. The summed E-state index contributed by atoms with van der Waals surface area (Å²) in [6.07, 6.45) is 3.20. The number of allylic oxidation sites excluding steroid dienone is 1. The van der Waals surface area contributed by atoms with E-state index in [4.69, 9.17) is 18.9 Å². The minimum atomic E-state index is -0.189. The molecule has 2 rings (SSSR count). The van der Waals surface area contributed by atoms with Gasteiger partial charge in [-0.15, -0.1) is 0 Å². The predicted octanol–water partition coefficient (Wildman–Crippen LogP) is 4.77. The maximum atomic E-state index is 12.6. The van der Waals surface area contributed by atoms with E-state index in [1.54, 1.807) is 38.5 Å². The van der Waals surface area contributed by atoms with Crippen LogP contribution in [0.2, 0.25) is 0 Å². The molecule has 138 valence electrons. The number of benzene rings is 2. The number of rotatable bonds is 8. The van der Waals surface area contributed by atoms with Gasteiger partial charge < -0.3 is 18.9 Å². The van der Waals surface area contributed by atoms with Gasteiger partial charge in [0.25, 0.3) is 0 Å². The van der Waals surface area contributed by atoms with Gasteiger partial charge in [0.1, 0.15) is 11.5 Å². The standard InChI is InChI=1S/C20H21BrO5/c1-5-26-19-11-13(10-16(21)20(19)25-4)6-8-17(22)15-12-14(23-2)7-9-18(15)24-3/h6-12H,5H2,1-4H3. The Bertz CT molecular complexity index is 814. The second-order valence-corrected chi connectivity index (χ2v) is 6.09. The van der Waals surface area contributed by atoms with Gasteiger partial charge in [-0.3, -0.25) is 4.79 Å². The van der Waals surface area contributed by atoms with Crippen molar-refractivity contribution in [1.82, 2.24) is 0 Å². The lowest BCUT2D eigenvalue weighted by molar-refractivity contribution is 0.104. The fraction of sp³-hybridized carbons (Fsp3) is 0.250. The third-order valence-electron chi connectivity index (χ3n) is 3.64. The van der Waals surface area contributed by atoms with Crippen molar-refractivity contribution in [2.24, 2.45) is 0 Å². The van der Waals surface area contributed by atoms with E-state index in [1.807, 2.05) is 19.1 Å². The first-order valence-corrected chi connectivity index (χ1v) is 8.78. The maximum Gasteiger partial charge on any atom is 0.189 e. The molecule has 0 saturated heterocycles. The Morgan fingerprint density at radius 1 is 1.04 bits per heavy atom. The Morgan fingerprint density at radius 2 is 1.81 bits per heavy atom. The lowest BCUT2D eigenvalue weighted by Crippen LogP contribution is -2.00. The molecule has 0 atom stereocenters. The van der Waals surface area contributed by atoms with Gasteiger partial charge in [0.2, 0.25) is 0 Å². The zero-order chi connectivity index (χ0) is 19.1. The first-order chi connectivity index (χ1) is 12.5. The fourth-order valence-electron chi connectivity index (χ4n) is 2.41. The van der Waals surface area contributed by atoms with E-state index >= 15 is 0 Å². The largest absolute Gasteiger partial charge is 0.497 e. The van der Waals surface area contributed by atoms with Crippen LogP contribution in [0.4, 0.5) is 0 Å². The van der Waals surface area contributed by atoms with Crippen molar-refractivity contribution in [3.63, 3.8) is 0 Å². The van der Waals surface area contributed by atoms with Crippen LogP contribution in [0.15, 0.2) is 40.9 Å². The molecule has 2 aromatic rings. The fourth-order valence-corrected chi connectivity index (χ4v) is 3.04. The zero-order valence-corrected chi connectivity index (χ0v) is 16.8. The lowest BCUT2D eigenvalue weighted by atomic mass is 10.1. The van der Waals surface area contributed by atoms with Crippen molar-refractivity contribution in [1.29, 1.82) is 0 Å². The van der Waals surface area contributed by atoms with Crippen LogP contribution in [0.1, 0.15) is 22.8 Å². The summed E-state index contributed by atoms with van der Waals surface area (Å²) in [5.41, 5.74) is 1.23. The second kappa shape index (κ2) is 9.29. The monoisotopic (exact) mass is 420 g/mol. The Kier molecular flexibility index (Phi) is 7.09. The molecule has 0 amide bonds. The van der Waals surface area contributed by atoms with Crippen LogP contribution in [-0.4, -0.2) is 33.7 Å². The van der Waals surface area contributed by atoms with Crippen LogP contribution in [0.5, 0.6) is 23.0 Å².